The Kier molecular flexibility index (Phi) is 5.71. The lowest BCUT2D eigenvalue weighted by molar-refractivity contribution is -0.120. The van der Waals surface area contributed by atoms with E-state index < -0.39 is 6.61 Å². The zero-order valence-corrected chi connectivity index (χ0v) is 12.7. The highest BCUT2D eigenvalue weighted by atomic mass is 32.1. The van der Waals surface area contributed by atoms with Crippen LogP contribution in [0.5, 0.6) is 11.5 Å². The molecule has 0 saturated heterocycles. The van der Waals surface area contributed by atoms with E-state index in [1.165, 1.54) is 24.5 Å². The first kappa shape index (κ1) is 16.2. The van der Waals surface area contributed by atoms with Crippen molar-refractivity contribution in [2.24, 2.45) is 0 Å². The molecule has 2 rings (SSSR count). The molecule has 4 nitrogen and oxygen atoms in total. The molecule has 0 aliphatic rings. The van der Waals surface area contributed by atoms with Gasteiger partial charge in [-0.3, -0.25) is 4.79 Å². The monoisotopic (exact) mass is 327 g/mol. The van der Waals surface area contributed by atoms with Gasteiger partial charge in [-0.25, -0.2) is 0 Å². The molecule has 1 amide bonds. The lowest BCUT2D eigenvalue weighted by Crippen LogP contribution is -2.24. The number of methoxy groups -OCH3 is 1. The number of thiophene rings is 1. The Morgan fingerprint density at radius 1 is 1.27 bits per heavy atom. The highest BCUT2D eigenvalue weighted by Crippen LogP contribution is 2.29. The normalized spacial score (nSPS) is 10.5. The second-order valence-corrected chi connectivity index (χ2v) is 5.23. The van der Waals surface area contributed by atoms with Crippen molar-refractivity contribution in [3.05, 3.63) is 46.2 Å². The average molecular weight is 327 g/mol. The number of benzene rings is 1. The minimum absolute atomic E-state index is 0.0363. The van der Waals surface area contributed by atoms with Crippen LogP contribution in [0.3, 0.4) is 0 Å². The number of carbonyl (C=O) groups excluding carboxylic acids is 1. The summed E-state index contributed by atoms with van der Waals surface area (Å²) in [5.74, 6) is 0.0565. The topological polar surface area (TPSA) is 47.6 Å². The van der Waals surface area contributed by atoms with Crippen molar-refractivity contribution < 1.29 is 23.0 Å². The van der Waals surface area contributed by atoms with Gasteiger partial charge in [0.15, 0.2) is 11.5 Å². The first-order valence-electron chi connectivity index (χ1n) is 6.48. The van der Waals surface area contributed by atoms with Crippen LogP contribution in [0.4, 0.5) is 8.78 Å². The van der Waals surface area contributed by atoms with E-state index in [1.54, 1.807) is 12.1 Å². The summed E-state index contributed by atoms with van der Waals surface area (Å²) in [6.45, 7) is -2.63. The van der Waals surface area contributed by atoms with Crippen LogP contribution < -0.4 is 14.8 Å². The average Bonchev–Trinajstić information content (AvgIpc) is 2.98. The van der Waals surface area contributed by atoms with Gasteiger partial charge in [-0.1, -0.05) is 6.07 Å². The van der Waals surface area contributed by atoms with Gasteiger partial charge in [0.2, 0.25) is 5.91 Å². The molecule has 1 aromatic heterocycles. The minimum atomic E-state index is -2.91. The quantitative estimate of drug-likeness (QED) is 0.849. The molecule has 0 saturated carbocycles. The number of nitrogens with one attached hydrogen (secondary N) is 1. The van der Waals surface area contributed by atoms with E-state index in [0.717, 1.165) is 11.1 Å². The largest absolute Gasteiger partial charge is 0.493 e. The number of amides is 1. The maximum atomic E-state index is 12.2. The summed E-state index contributed by atoms with van der Waals surface area (Å²) < 4.78 is 33.8. The van der Waals surface area contributed by atoms with Gasteiger partial charge in [-0.15, -0.1) is 0 Å². The maximum Gasteiger partial charge on any atom is 0.387 e. The van der Waals surface area contributed by atoms with Gasteiger partial charge >= 0.3 is 6.61 Å². The number of halogens is 2. The predicted molar refractivity (Wildman–Crippen MR) is 79.5 cm³/mol. The van der Waals surface area contributed by atoms with Crippen molar-refractivity contribution in [2.75, 3.05) is 7.11 Å². The van der Waals surface area contributed by atoms with Crippen LogP contribution in [0.2, 0.25) is 0 Å². The van der Waals surface area contributed by atoms with Crippen LogP contribution in [0.25, 0.3) is 0 Å². The van der Waals surface area contributed by atoms with Gasteiger partial charge in [-0.05, 0) is 40.1 Å². The molecule has 0 spiro atoms. The van der Waals surface area contributed by atoms with Crippen LogP contribution in [0.15, 0.2) is 35.0 Å². The molecule has 0 atom stereocenters. The Morgan fingerprint density at radius 2 is 2.09 bits per heavy atom. The Morgan fingerprint density at radius 3 is 2.73 bits per heavy atom. The van der Waals surface area contributed by atoms with Gasteiger partial charge < -0.3 is 14.8 Å². The third kappa shape index (κ3) is 4.70. The van der Waals surface area contributed by atoms with E-state index in [1.807, 2.05) is 16.8 Å². The number of rotatable bonds is 7. The first-order chi connectivity index (χ1) is 10.6. The zero-order chi connectivity index (χ0) is 15.9. The minimum Gasteiger partial charge on any atom is -0.493 e. The molecular weight excluding hydrogens is 312 g/mol. The summed E-state index contributed by atoms with van der Waals surface area (Å²) in [6, 6.07) is 6.45. The Bertz CT molecular complexity index is 617. The van der Waals surface area contributed by atoms with E-state index in [4.69, 9.17) is 4.74 Å². The van der Waals surface area contributed by atoms with E-state index in [0.29, 0.717) is 6.42 Å². The third-order valence-corrected chi connectivity index (χ3v) is 3.61. The Hall–Kier alpha value is -2.15. The number of hydrogen-bond donors (Lipinski definition) is 1. The number of ether oxygens (including phenoxy) is 2. The molecule has 0 aliphatic heterocycles. The molecule has 1 aromatic carbocycles. The van der Waals surface area contributed by atoms with Crippen molar-refractivity contribution in [2.45, 2.75) is 19.6 Å². The van der Waals surface area contributed by atoms with Crippen LogP contribution in [-0.4, -0.2) is 19.6 Å². The number of carbonyl (C=O) groups is 1. The second-order valence-electron chi connectivity index (χ2n) is 4.45. The molecular formula is C15H15F2NO3S. The van der Waals surface area contributed by atoms with Gasteiger partial charge in [0.05, 0.1) is 13.5 Å². The summed E-state index contributed by atoms with van der Waals surface area (Å²) in [4.78, 5) is 11.8. The van der Waals surface area contributed by atoms with Gasteiger partial charge in [-0.2, -0.15) is 20.1 Å². The van der Waals surface area contributed by atoms with E-state index in [-0.39, 0.29) is 24.0 Å². The summed E-state index contributed by atoms with van der Waals surface area (Å²) in [7, 11) is 1.37. The van der Waals surface area contributed by atoms with Crippen LogP contribution in [0.1, 0.15) is 11.1 Å². The molecule has 0 radical (unpaired) electrons. The summed E-state index contributed by atoms with van der Waals surface area (Å²) in [6.07, 6.45) is 0.313. The van der Waals surface area contributed by atoms with Gasteiger partial charge in [0, 0.05) is 6.54 Å². The Labute approximate surface area is 130 Å². The molecule has 2 aromatic rings. The molecule has 0 aliphatic carbocycles. The molecule has 1 heterocycles. The van der Waals surface area contributed by atoms with E-state index >= 15 is 0 Å². The maximum absolute atomic E-state index is 12.2. The van der Waals surface area contributed by atoms with Crippen LogP contribution in [0, 0.1) is 0 Å². The molecule has 7 heteroatoms. The Balaban J connectivity index is 1.93. The van der Waals surface area contributed by atoms with Gasteiger partial charge in [0.1, 0.15) is 0 Å². The highest BCUT2D eigenvalue weighted by molar-refractivity contribution is 7.07. The van der Waals surface area contributed by atoms with Crippen molar-refractivity contribution in [1.82, 2.24) is 5.32 Å². The SMILES string of the molecule is COc1cc(CNC(=O)Cc2ccsc2)ccc1OC(F)F. The molecule has 118 valence electrons. The lowest BCUT2D eigenvalue weighted by Gasteiger charge is -2.12. The predicted octanol–water partition coefficient (Wildman–Crippen LogP) is 3.22. The van der Waals surface area contributed by atoms with Gasteiger partial charge in [0.25, 0.3) is 0 Å². The molecule has 22 heavy (non-hydrogen) atoms. The van der Waals surface area contributed by atoms with Crippen molar-refractivity contribution in [3.63, 3.8) is 0 Å². The summed E-state index contributed by atoms with van der Waals surface area (Å²) >= 11 is 1.54. The molecule has 1 N–H and O–H groups in total. The number of hydrogen-bond acceptors (Lipinski definition) is 4. The second kappa shape index (κ2) is 7.74. The van der Waals surface area contributed by atoms with E-state index in [9.17, 15) is 13.6 Å². The highest BCUT2D eigenvalue weighted by Gasteiger charge is 2.11. The fourth-order valence-corrected chi connectivity index (χ4v) is 2.53. The molecule has 0 fully saturated rings. The van der Waals surface area contributed by atoms with Crippen molar-refractivity contribution in [3.8, 4) is 11.5 Å². The van der Waals surface area contributed by atoms with Crippen molar-refractivity contribution in [1.29, 1.82) is 0 Å². The summed E-state index contributed by atoms with van der Waals surface area (Å²) in [5, 5.41) is 6.60. The first-order valence-corrected chi connectivity index (χ1v) is 7.42. The van der Waals surface area contributed by atoms with Crippen LogP contribution >= 0.6 is 11.3 Å². The van der Waals surface area contributed by atoms with Crippen molar-refractivity contribution >= 4 is 17.2 Å². The van der Waals surface area contributed by atoms with E-state index in [2.05, 4.69) is 10.1 Å². The smallest absolute Gasteiger partial charge is 0.387 e. The third-order valence-electron chi connectivity index (χ3n) is 2.88. The standard InChI is InChI=1S/C15H15F2NO3S/c1-20-13-6-10(2-3-12(13)21-15(16)17)8-18-14(19)7-11-4-5-22-9-11/h2-6,9,15H,7-8H2,1H3,(H,18,19). The number of alkyl halides is 2. The summed E-state index contributed by atoms with van der Waals surface area (Å²) in [5.41, 5.74) is 1.69. The fourth-order valence-electron chi connectivity index (χ4n) is 1.86. The zero-order valence-electron chi connectivity index (χ0n) is 11.8. The van der Waals surface area contributed by atoms with Crippen LogP contribution in [-0.2, 0) is 17.8 Å². The lowest BCUT2D eigenvalue weighted by atomic mass is 10.2. The molecule has 0 unspecified atom stereocenters. The fraction of sp³-hybridized carbons (Fsp3) is 0.267. The molecule has 0 bridgehead atoms.